The monoisotopic (exact) mass is 277 g/mol. The predicted molar refractivity (Wildman–Crippen MR) is 49.7 cm³/mol. The molecule has 7 N–H and O–H groups in total. The van der Waals surface area contributed by atoms with Gasteiger partial charge >= 0.3 is 13.8 Å². The lowest BCUT2D eigenvalue weighted by molar-refractivity contribution is -0.164. The Hall–Kier alpha value is -0.580. The van der Waals surface area contributed by atoms with E-state index in [-0.39, 0.29) is 0 Å². The van der Waals surface area contributed by atoms with E-state index in [1.54, 1.807) is 0 Å². The van der Waals surface area contributed by atoms with Gasteiger partial charge in [0, 0.05) is 0 Å². The summed E-state index contributed by atoms with van der Waals surface area (Å²) in [4.78, 5) is 26.8. The van der Waals surface area contributed by atoms with E-state index in [2.05, 4.69) is 4.52 Å². The number of rotatable bonds is 7. The van der Waals surface area contributed by atoms with E-state index in [1.807, 2.05) is 0 Å². The van der Waals surface area contributed by atoms with E-state index >= 15 is 0 Å². The lowest BCUT2D eigenvalue weighted by Crippen LogP contribution is -2.48. The number of aliphatic hydroxyl groups excluding tert-OH is 4. The van der Waals surface area contributed by atoms with Crippen LogP contribution in [0.15, 0.2) is 0 Å². The largest absolute Gasteiger partial charge is 0.479 e. The summed E-state index contributed by atoms with van der Waals surface area (Å²) >= 11 is 0. The molecule has 0 aromatic heterocycles. The third-order valence-electron chi connectivity index (χ3n) is 1.73. The van der Waals surface area contributed by atoms with Crippen LogP contribution in [-0.2, 0) is 13.9 Å². The van der Waals surface area contributed by atoms with Crippen molar-refractivity contribution < 1.29 is 49.2 Å². The average Bonchev–Trinajstić information content (AvgIpc) is 2.21. The standard InChI is InChI=1S/C6H13O10P/c7-2(1-16-17(13,14)15)3(8)4(9)5(10)6(11)12/h2-5,7-10H,1H2,(H,11,12)(H2,13,14,15)/t2-,3-,4+,5-/m1/s1/i6+1. The lowest BCUT2D eigenvalue weighted by Gasteiger charge is -2.24. The first-order valence-electron chi connectivity index (χ1n) is 4.21. The van der Waals surface area contributed by atoms with Crippen LogP contribution in [0.4, 0.5) is 0 Å². The Bertz CT molecular complexity index is 299. The van der Waals surface area contributed by atoms with Gasteiger partial charge in [-0.05, 0) is 0 Å². The molecule has 0 aromatic carbocycles. The molecule has 11 heteroatoms. The molecule has 0 amide bonds. The highest BCUT2D eigenvalue weighted by molar-refractivity contribution is 7.46. The molecule has 10 nitrogen and oxygen atoms in total. The molecule has 0 saturated carbocycles. The van der Waals surface area contributed by atoms with Crippen LogP contribution in [0, 0.1) is 0 Å². The Morgan fingerprint density at radius 1 is 1.12 bits per heavy atom. The number of phosphoric acid groups is 1. The number of carboxylic acid groups (broad SMARTS) is 1. The summed E-state index contributed by atoms with van der Waals surface area (Å²) in [6.45, 7) is -1.05. The van der Waals surface area contributed by atoms with Crippen molar-refractivity contribution in [1.29, 1.82) is 0 Å². The number of hydrogen-bond donors (Lipinski definition) is 7. The summed E-state index contributed by atoms with van der Waals surface area (Å²) in [5.41, 5.74) is 0. The number of hydrogen-bond acceptors (Lipinski definition) is 7. The number of phosphoric ester groups is 1. The summed E-state index contributed by atoms with van der Waals surface area (Å²) in [5, 5.41) is 44.4. The zero-order chi connectivity index (χ0) is 13.8. The third kappa shape index (κ3) is 6.05. The summed E-state index contributed by atoms with van der Waals surface area (Å²) in [6, 6.07) is 0. The lowest BCUT2D eigenvalue weighted by atomic mass is 10.1. The molecule has 0 rings (SSSR count). The number of carbonyl (C=O) groups is 1. The molecule has 0 aromatic rings. The van der Waals surface area contributed by atoms with Crippen molar-refractivity contribution in [1.82, 2.24) is 0 Å². The van der Waals surface area contributed by atoms with Crippen molar-refractivity contribution in [3.05, 3.63) is 0 Å². The molecule has 4 atom stereocenters. The average molecular weight is 277 g/mol. The molecule has 0 bridgehead atoms. The van der Waals surface area contributed by atoms with E-state index < -0.39 is 44.8 Å². The van der Waals surface area contributed by atoms with Crippen LogP contribution in [0.25, 0.3) is 0 Å². The van der Waals surface area contributed by atoms with E-state index in [4.69, 9.17) is 35.3 Å². The molecule has 0 saturated heterocycles. The van der Waals surface area contributed by atoms with Gasteiger partial charge in [-0.1, -0.05) is 0 Å². The fourth-order valence-corrected chi connectivity index (χ4v) is 1.18. The first-order chi connectivity index (χ1) is 7.56. The van der Waals surface area contributed by atoms with E-state index in [0.29, 0.717) is 0 Å². The fourth-order valence-electron chi connectivity index (χ4n) is 0.833. The molecule has 0 unspecified atom stereocenters. The molecular formula is C6H13O10P. The summed E-state index contributed by atoms with van der Waals surface area (Å²) in [7, 11) is -4.86. The zero-order valence-corrected chi connectivity index (χ0v) is 9.21. The molecule has 0 fully saturated rings. The van der Waals surface area contributed by atoms with Crippen molar-refractivity contribution in [3.8, 4) is 0 Å². The zero-order valence-electron chi connectivity index (χ0n) is 8.32. The fraction of sp³-hybridized carbons (Fsp3) is 0.833. The van der Waals surface area contributed by atoms with Crippen LogP contribution in [0.2, 0.25) is 0 Å². The minimum absolute atomic E-state index is 1.05. The Morgan fingerprint density at radius 3 is 1.94 bits per heavy atom. The van der Waals surface area contributed by atoms with Crippen LogP contribution in [0.1, 0.15) is 0 Å². The first kappa shape index (κ1) is 16.4. The predicted octanol–water partition coefficient (Wildman–Crippen LogP) is -3.38. The molecule has 17 heavy (non-hydrogen) atoms. The van der Waals surface area contributed by atoms with Gasteiger partial charge in [-0.25, -0.2) is 9.36 Å². The summed E-state index contributed by atoms with van der Waals surface area (Å²) in [5.74, 6) is -1.83. The minimum atomic E-state index is -4.86. The smallest absolute Gasteiger partial charge is 0.469 e. The number of carboxylic acids is 1. The second-order valence-corrected chi connectivity index (χ2v) is 4.36. The Morgan fingerprint density at radius 2 is 1.59 bits per heavy atom. The van der Waals surface area contributed by atoms with E-state index in [1.165, 1.54) is 0 Å². The Labute approximate surface area is 94.9 Å². The molecule has 0 heterocycles. The molecule has 102 valence electrons. The van der Waals surface area contributed by atoms with Gasteiger partial charge in [0.1, 0.15) is 18.3 Å². The number of aliphatic hydroxyl groups is 4. The van der Waals surface area contributed by atoms with Gasteiger partial charge in [0.2, 0.25) is 0 Å². The van der Waals surface area contributed by atoms with Crippen molar-refractivity contribution in [2.24, 2.45) is 0 Å². The van der Waals surface area contributed by atoms with Crippen molar-refractivity contribution in [2.45, 2.75) is 24.4 Å². The highest BCUT2D eigenvalue weighted by atomic mass is 31.2. The Kier molecular flexibility index (Phi) is 6.16. The van der Waals surface area contributed by atoms with Crippen LogP contribution >= 0.6 is 7.82 Å². The number of aliphatic carboxylic acids is 1. The van der Waals surface area contributed by atoms with Crippen molar-refractivity contribution in [2.75, 3.05) is 6.61 Å². The summed E-state index contributed by atoms with van der Waals surface area (Å²) in [6.07, 6.45) is -8.71. The van der Waals surface area contributed by atoms with Gasteiger partial charge in [0.05, 0.1) is 6.61 Å². The minimum Gasteiger partial charge on any atom is -0.479 e. The molecule has 0 aliphatic heterocycles. The topological polar surface area (TPSA) is 185 Å². The maximum atomic E-state index is 10.2. The van der Waals surface area contributed by atoms with Crippen LogP contribution in [0.3, 0.4) is 0 Å². The van der Waals surface area contributed by atoms with Crippen molar-refractivity contribution in [3.63, 3.8) is 0 Å². The third-order valence-corrected chi connectivity index (χ3v) is 2.22. The second kappa shape index (κ2) is 6.38. The van der Waals surface area contributed by atoms with Crippen molar-refractivity contribution >= 4 is 13.8 Å². The first-order valence-corrected chi connectivity index (χ1v) is 5.74. The van der Waals surface area contributed by atoms with Gasteiger partial charge in [0.25, 0.3) is 0 Å². The van der Waals surface area contributed by atoms with Gasteiger partial charge < -0.3 is 35.3 Å². The molecule has 0 aliphatic carbocycles. The normalized spacial score (nSPS) is 19.4. The molecule has 0 spiro atoms. The summed E-state index contributed by atoms with van der Waals surface area (Å²) < 4.78 is 14.1. The second-order valence-electron chi connectivity index (χ2n) is 3.12. The molecule has 0 aliphatic rings. The van der Waals surface area contributed by atoms with Gasteiger partial charge in [-0.15, -0.1) is 0 Å². The van der Waals surface area contributed by atoms with Crippen LogP contribution in [0.5, 0.6) is 0 Å². The molecular weight excluding hydrogens is 264 g/mol. The highest BCUT2D eigenvalue weighted by Crippen LogP contribution is 2.35. The van der Waals surface area contributed by atoms with Gasteiger partial charge in [-0.3, -0.25) is 4.52 Å². The van der Waals surface area contributed by atoms with E-state index in [9.17, 15) is 9.36 Å². The SMILES string of the molecule is O=[13C](O)[C@H](O)[C@@H](O)[C@H](O)[C@H](O)COP(=O)(O)O. The van der Waals surface area contributed by atoms with Gasteiger partial charge in [0.15, 0.2) is 6.10 Å². The van der Waals surface area contributed by atoms with Crippen LogP contribution < -0.4 is 0 Å². The quantitative estimate of drug-likeness (QED) is 0.183. The maximum Gasteiger partial charge on any atom is 0.469 e. The Balaban J connectivity index is 4.34. The van der Waals surface area contributed by atoms with E-state index in [0.717, 1.165) is 0 Å². The van der Waals surface area contributed by atoms with Crippen LogP contribution in [-0.4, -0.2) is 72.3 Å². The highest BCUT2D eigenvalue weighted by Gasteiger charge is 2.35. The molecule has 0 radical (unpaired) electrons. The maximum absolute atomic E-state index is 10.2. The van der Waals surface area contributed by atoms with Gasteiger partial charge in [-0.2, -0.15) is 0 Å².